The highest BCUT2D eigenvalue weighted by Gasteiger charge is 2.30. The molecule has 0 aliphatic heterocycles. The summed E-state index contributed by atoms with van der Waals surface area (Å²) in [6.07, 6.45) is -2.11. The number of aliphatic hydroxyl groups excluding tert-OH is 1. The van der Waals surface area contributed by atoms with Crippen LogP contribution < -0.4 is 0 Å². The molecular formula is C12H6BrF5OS. The Kier molecular flexibility index (Phi) is 4.46. The summed E-state index contributed by atoms with van der Waals surface area (Å²) in [5, 5.41) is 11.4. The summed E-state index contributed by atoms with van der Waals surface area (Å²) in [6.45, 7) is 0. The van der Waals surface area contributed by atoms with Crippen LogP contribution in [-0.2, 0) is 6.42 Å². The van der Waals surface area contributed by atoms with Crippen LogP contribution >= 0.6 is 27.3 Å². The molecule has 1 heterocycles. The molecule has 2 aromatic rings. The molecule has 0 saturated heterocycles. The average Bonchev–Trinajstić information content (AvgIpc) is 2.80. The molecule has 1 atom stereocenters. The molecule has 0 radical (unpaired) electrons. The maximum absolute atomic E-state index is 13.5. The Hall–Kier alpha value is -0.990. The van der Waals surface area contributed by atoms with Gasteiger partial charge < -0.3 is 5.11 Å². The summed E-state index contributed by atoms with van der Waals surface area (Å²) < 4.78 is 66.5. The molecule has 0 spiro atoms. The van der Waals surface area contributed by atoms with Crippen LogP contribution in [-0.4, -0.2) is 5.11 Å². The zero-order valence-corrected chi connectivity index (χ0v) is 12.0. The topological polar surface area (TPSA) is 20.2 Å². The van der Waals surface area contributed by atoms with E-state index in [4.69, 9.17) is 0 Å². The molecule has 1 nitrogen and oxygen atoms in total. The van der Waals surface area contributed by atoms with Crippen LogP contribution in [0.25, 0.3) is 0 Å². The van der Waals surface area contributed by atoms with Gasteiger partial charge in [-0.1, -0.05) is 0 Å². The molecule has 1 aromatic carbocycles. The van der Waals surface area contributed by atoms with Crippen LogP contribution in [0.15, 0.2) is 15.9 Å². The molecule has 1 N–H and O–H groups in total. The Bertz CT molecular complexity index is 629. The molecule has 0 aliphatic carbocycles. The van der Waals surface area contributed by atoms with Crippen LogP contribution in [0.1, 0.15) is 16.5 Å². The highest BCUT2D eigenvalue weighted by atomic mass is 79.9. The van der Waals surface area contributed by atoms with Crippen LogP contribution in [0.3, 0.4) is 0 Å². The van der Waals surface area contributed by atoms with Gasteiger partial charge in [0.15, 0.2) is 23.3 Å². The minimum absolute atomic E-state index is 0.267. The monoisotopic (exact) mass is 372 g/mol. The first-order valence-electron chi connectivity index (χ1n) is 5.25. The molecule has 20 heavy (non-hydrogen) atoms. The van der Waals surface area contributed by atoms with E-state index in [1.807, 2.05) is 0 Å². The summed E-state index contributed by atoms with van der Waals surface area (Å²) >= 11 is 4.33. The lowest BCUT2D eigenvalue weighted by molar-refractivity contribution is 0.164. The summed E-state index contributed by atoms with van der Waals surface area (Å²) in [5.74, 6) is -10.4. The van der Waals surface area contributed by atoms with E-state index in [1.54, 1.807) is 11.4 Å². The van der Waals surface area contributed by atoms with Gasteiger partial charge in [0.1, 0.15) is 0 Å². The van der Waals surface area contributed by atoms with Crippen molar-refractivity contribution in [1.82, 2.24) is 0 Å². The second-order valence-corrected chi connectivity index (χ2v) is 5.75. The second-order valence-electron chi connectivity index (χ2n) is 3.90. The van der Waals surface area contributed by atoms with Crippen molar-refractivity contribution >= 4 is 27.3 Å². The van der Waals surface area contributed by atoms with Crippen molar-refractivity contribution in [3.63, 3.8) is 0 Å². The van der Waals surface area contributed by atoms with Crippen LogP contribution in [0.5, 0.6) is 0 Å². The minimum atomic E-state index is -2.24. The fraction of sp³-hybridized carbons (Fsp3) is 0.167. The van der Waals surface area contributed by atoms with Crippen molar-refractivity contribution in [2.45, 2.75) is 12.5 Å². The smallest absolute Gasteiger partial charge is 0.200 e. The van der Waals surface area contributed by atoms with Crippen molar-refractivity contribution in [2.75, 3.05) is 0 Å². The Morgan fingerprint density at radius 3 is 1.95 bits per heavy atom. The van der Waals surface area contributed by atoms with E-state index in [0.717, 1.165) is 0 Å². The van der Waals surface area contributed by atoms with Crippen LogP contribution in [0.4, 0.5) is 22.0 Å². The Labute approximate surface area is 122 Å². The molecule has 0 fully saturated rings. The lowest BCUT2D eigenvalue weighted by atomic mass is 10.0. The van der Waals surface area contributed by atoms with Gasteiger partial charge in [-0.2, -0.15) is 0 Å². The van der Waals surface area contributed by atoms with Gasteiger partial charge >= 0.3 is 0 Å². The normalized spacial score (nSPS) is 12.8. The van der Waals surface area contributed by atoms with Gasteiger partial charge in [-0.25, -0.2) is 22.0 Å². The third-order valence-electron chi connectivity index (χ3n) is 2.65. The highest BCUT2D eigenvalue weighted by molar-refractivity contribution is 9.10. The SMILES string of the molecule is OC(Cc1sccc1Br)c1c(F)c(F)c(F)c(F)c1F. The van der Waals surface area contributed by atoms with Gasteiger partial charge in [0, 0.05) is 15.8 Å². The molecule has 1 unspecified atom stereocenters. The second kappa shape index (κ2) is 5.79. The van der Waals surface area contributed by atoms with Crippen molar-refractivity contribution in [2.24, 2.45) is 0 Å². The van der Waals surface area contributed by atoms with Gasteiger partial charge in [0.25, 0.3) is 0 Å². The number of hydrogen-bond acceptors (Lipinski definition) is 2. The fourth-order valence-corrected chi connectivity index (χ4v) is 3.22. The first kappa shape index (κ1) is 15.4. The number of rotatable bonds is 3. The predicted octanol–water partition coefficient (Wildman–Crippen LogP) is 4.48. The number of aliphatic hydroxyl groups is 1. The molecule has 2 rings (SSSR count). The number of hydrogen-bond donors (Lipinski definition) is 1. The summed E-state index contributed by atoms with van der Waals surface area (Å²) in [5.41, 5.74) is -1.22. The van der Waals surface area contributed by atoms with Gasteiger partial charge in [0.2, 0.25) is 5.82 Å². The van der Waals surface area contributed by atoms with E-state index in [0.29, 0.717) is 9.35 Å². The highest BCUT2D eigenvalue weighted by Crippen LogP contribution is 2.32. The number of thiophene rings is 1. The standard InChI is InChI=1S/C12H6BrF5OS/c13-4-1-2-20-6(4)3-5(19)7-8(14)10(16)12(18)11(17)9(7)15/h1-2,5,19H,3H2. The van der Waals surface area contributed by atoms with E-state index < -0.39 is 40.8 Å². The van der Waals surface area contributed by atoms with E-state index in [2.05, 4.69) is 15.9 Å². The zero-order valence-electron chi connectivity index (χ0n) is 9.56. The summed E-state index contributed by atoms with van der Waals surface area (Å²) in [4.78, 5) is 0.529. The fourth-order valence-electron chi connectivity index (χ4n) is 1.66. The van der Waals surface area contributed by atoms with Crippen LogP contribution in [0.2, 0.25) is 0 Å². The average molecular weight is 373 g/mol. The minimum Gasteiger partial charge on any atom is -0.388 e. The van der Waals surface area contributed by atoms with Crippen molar-refractivity contribution in [3.8, 4) is 0 Å². The summed E-state index contributed by atoms with van der Waals surface area (Å²) in [6, 6.07) is 1.64. The van der Waals surface area contributed by atoms with Crippen LogP contribution in [0, 0.1) is 29.1 Å². The zero-order chi connectivity index (χ0) is 15.0. The number of benzene rings is 1. The van der Waals surface area contributed by atoms with E-state index in [-0.39, 0.29) is 6.42 Å². The predicted molar refractivity (Wildman–Crippen MR) is 66.9 cm³/mol. The van der Waals surface area contributed by atoms with Crippen molar-refractivity contribution < 1.29 is 27.1 Å². The van der Waals surface area contributed by atoms with E-state index in [9.17, 15) is 27.1 Å². The van der Waals surface area contributed by atoms with Gasteiger partial charge in [0.05, 0.1) is 11.7 Å². The molecule has 0 aliphatic rings. The molecule has 1 aromatic heterocycles. The lowest BCUT2D eigenvalue weighted by Crippen LogP contribution is -2.13. The third-order valence-corrected chi connectivity index (χ3v) is 4.60. The van der Waals surface area contributed by atoms with Crippen molar-refractivity contribution in [3.05, 3.63) is 55.4 Å². The van der Waals surface area contributed by atoms with Gasteiger partial charge in [-0.05, 0) is 27.4 Å². The van der Waals surface area contributed by atoms with Gasteiger partial charge in [-0.15, -0.1) is 11.3 Å². The first-order chi connectivity index (χ1) is 9.34. The third kappa shape index (κ3) is 2.59. The molecular weight excluding hydrogens is 367 g/mol. The first-order valence-corrected chi connectivity index (χ1v) is 6.93. The maximum atomic E-state index is 13.5. The molecule has 0 amide bonds. The van der Waals surface area contributed by atoms with E-state index in [1.165, 1.54) is 11.3 Å². The van der Waals surface area contributed by atoms with Gasteiger partial charge in [-0.3, -0.25) is 0 Å². The summed E-state index contributed by atoms with van der Waals surface area (Å²) in [7, 11) is 0. The number of halogens is 6. The largest absolute Gasteiger partial charge is 0.388 e. The molecule has 0 bridgehead atoms. The Morgan fingerprint density at radius 2 is 1.50 bits per heavy atom. The van der Waals surface area contributed by atoms with Crippen molar-refractivity contribution in [1.29, 1.82) is 0 Å². The Balaban J connectivity index is 2.45. The Morgan fingerprint density at radius 1 is 1.00 bits per heavy atom. The lowest BCUT2D eigenvalue weighted by Gasteiger charge is -2.14. The quantitative estimate of drug-likeness (QED) is 0.478. The van der Waals surface area contributed by atoms with E-state index >= 15 is 0 Å². The molecule has 0 saturated carbocycles. The molecule has 8 heteroatoms. The molecule has 108 valence electrons. The maximum Gasteiger partial charge on any atom is 0.200 e.